The molecule has 0 aliphatic carbocycles. The van der Waals surface area contributed by atoms with Crippen molar-refractivity contribution in [3.63, 3.8) is 0 Å². The fraction of sp³-hybridized carbons (Fsp3) is 0. The maximum absolute atomic E-state index is 11.0. The molecule has 0 atom stereocenters. The Morgan fingerprint density at radius 2 is 1.69 bits per heavy atom. The van der Waals surface area contributed by atoms with Gasteiger partial charge in [-0.25, -0.2) is 0 Å². The number of carbonyl (C=O) groups excluding carboxylic acids is 2. The van der Waals surface area contributed by atoms with Gasteiger partial charge in [0, 0.05) is 0 Å². The predicted molar refractivity (Wildman–Crippen MR) is 47.8 cm³/mol. The first-order chi connectivity index (χ1) is 6.29. The summed E-state index contributed by atoms with van der Waals surface area (Å²) < 4.78 is 0. The van der Waals surface area contributed by atoms with Crippen LogP contribution < -0.4 is 17.0 Å². The van der Waals surface area contributed by atoms with Gasteiger partial charge in [0.15, 0.2) is 0 Å². The monoisotopic (exact) mass is 179 g/mol. The van der Waals surface area contributed by atoms with E-state index in [1.807, 2.05) is 0 Å². The number of anilines is 1. The fourth-order valence-electron chi connectivity index (χ4n) is 1.09. The van der Waals surface area contributed by atoms with Crippen LogP contribution in [0.5, 0.6) is 0 Å². The van der Waals surface area contributed by atoms with E-state index in [-0.39, 0.29) is 0 Å². The van der Waals surface area contributed by atoms with E-state index in [0.717, 1.165) is 0 Å². The number of hydrogen-bond donors (Lipinski definition) is 3. The van der Waals surface area contributed by atoms with Crippen molar-refractivity contribution in [3.8, 4) is 0 Å². The normalized spacial score (nSPS) is 12.8. The molecule has 0 saturated heterocycles. The van der Waals surface area contributed by atoms with Gasteiger partial charge in [-0.1, -0.05) is 12.1 Å². The van der Waals surface area contributed by atoms with Gasteiger partial charge >= 0.3 is 0 Å². The van der Waals surface area contributed by atoms with E-state index in [4.69, 9.17) is 0 Å². The molecule has 1 amide bonds. The van der Waals surface area contributed by atoms with Crippen LogP contribution >= 0.6 is 0 Å². The number of para-hydroxylation sites is 1. The Bertz CT molecular complexity index is 349. The molecule has 1 heterocycles. The predicted octanol–water partition coefficient (Wildman–Crippen LogP) is -0.360. The molecule has 0 unspecified atom stereocenters. The van der Waals surface area contributed by atoms with E-state index in [1.54, 1.807) is 24.3 Å². The molecule has 0 aromatic heterocycles. The smallest absolute Gasteiger partial charge is 0.296 e. The van der Waals surface area contributed by atoms with E-state index in [1.165, 1.54) is 0 Å². The quantitative estimate of drug-likeness (QED) is 0.288. The number of fused-ring (bicyclic) bond motifs is 1. The van der Waals surface area contributed by atoms with Crippen molar-refractivity contribution in [1.82, 2.24) is 0 Å². The fourth-order valence-corrected chi connectivity index (χ4v) is 1.09. The highest BCUT2D eigenvalue weighted by molar-refractivity contribution is 6.51. The van der Waals surface area contributed by atoms with Gasteiger partial charge in [-0.2, -0.15) is 0 Å². The summed E-state index contributed by atoms with van der Waals surface area (Å²) in [5.74, 6) is 7.02. The van der Waals surface area contributed by atoms with Crippen molar-refractivity contribution in [1.29, 1.82) is 0 Å². The lowest BCUT2D eigenvalue weighted by atomic mass is 10.1. The molecule has 0 radical (unpaired) electrons. The number of nitrogens with one attached hydrogen (secondary N) is 1. The summed E-state index contributed by atoms with van der Waals surface area (Å²) in [6, 6.07) is 6.85. The largest absolute Gasteiger partial charge is 0.318 e. The Hall–Kier alpha value is -1.72. The van der Waals surface area contributed by atoms with Gasteiger partial charge < -0.3 is 5.32 Å². The van der Waals surface area contributed by atoms with Gasteiger partial charge in [0.25, 0.3) is 11.7 Å². The second-order valence-electron chi connectivity index (χ2n) is 2.33. The van der Waals surface area contributed by atoms with Gasteiger partial charge in [0.1, 0.15) is 0 Å². The first kappa shape index (κ1) is 9.37. The molecule has 68 valence electrons. The van der Waals surface area contributed by atoms with Crippen LogP contribution in [0.1, 0.15) is 10.4 Å². The number of nitrogens with two attached hydrogens (primary N) is 2. The van der Waals surface area contributed by atoms with E-state index >= 15 is 0 Å². The highest BCUT2D eigenvalue weighted by Gasteiger charge is 2.26. The van der Waals surface area contributed by atoms with Crippen molar-refractivity contribution >= 4 is 17.4 Å². The molecule has 1 aromatic carbocycles. The SMILES string of the molecule is NN.O=C1Nc2ccccc2C1=O. The lowest BCUT2D eigenvalue weighted by molar-refractivity contribution is -0.112. The van der Waals surface area contributed by atoms with Crippen LogP contribution in [0.4, 0.5) is 5.69 Å². The molecule has 2 rings (SSSR count). The number of hydrogen-bond acceptors (Lipinski definition) is 4. The Balaban J connectivity index is 0.000000396. The summed E-state index contributed by atoms with van der Waals surface area (Å²) in [5, 5.41) is 2.46. The topological polar surface area (TPSA) is 98.2 Å². The van der Waals surface area contributed by atoms with Gasteiger partial charge in [0.05, 0.1) is 11.3 Å². The van der Waals surface area contributed by atoms with Crippen LogP contribution in [-0.2, 0) is 4.79 Å². The number of Topliss-reactive ketones (excluding diaryl/α,β-unsaturated/α-hetero) is 1. The van der Waals surface area contributed by atoms with Crippen molar-refractivity contribution in [2.45, 2.75) is 0 Å². The van der Waals surface area contributed by atoms with Crippen LogP contribution in [-0.4, -0.2) is 11.7 Å². The Kier molecular flexibility index (Phi) is 2.73. The van der Waals surface area contributed by atoms with Crippen LogP contribution in [0.2, 0.25) is 0 Å². The van der Waals surface area contributed by atoms with Gasteiger partial charge in [0.2, 0.25) is 0 Å². The van der Waals surface area contributed by atoms with Gasteiger partial charge in [-0.3, -0.25) is 21.3 Å². The van der Waals surface area contributed by atoms with Crippen LogP contribution in [0, 0.1) is 0 Å². The zero-order chi connectivity index (χ0) is 9.84. The maximum Gasteiger partial charge on any atom is 0.296 e. The molecule has 1 aliphatic rings. The van der Waals surface area contributed by atoms with Crippen molar-refractivity contribution < 1.29 is 9.59 Å². The molecule has 0 saturated carbocycles. The van der Waals surface area contributed by atoms with Gasteiger partial charge in [-0.15, -0.1) is 0 Å². The third-order valence-electron chi connectivity index (χ3n) is 1.63. The summed E-state index contributed by atoms with van der Waals surface area (Å²) in [6.07, 6.45) is 0. The molecular formula is C8H9N3O2. The van der Waals surface area contributed by atoms with Crippen molar-refractivity contribution in [2.24, 2.45) is 11.7 Å². The minimum Gasteiger partial charge on any atom is -0.318 e. The van der Waals surface area contributed by atoms with E-state index < -0.39 is 11.7 Å². The molecule has 5 nitrogen and oxygen atoms in total. The van der Waals surface area contributed by atoms with Crippen LogP contribution in [0.15, 0.2) is 24.3 Å². The molecule has 13 heavy (non-hydrogen) atoms. The third-order valence-corrected chi connectivity index (χ3v) is 1.63. The Morgan fingerprint density at radius 3 is 2.31 bits per heavy atom. The zero-order valence-electron chi connectivity index (χ0n) is 6.78. The van der Waals surface area contributed by atoms with Crippen LogP contribution in [0.25, 0.3) is 0 Å². The molecule has 5 heteroatoms. The molecule has 1 aromatic rings. The van der Waals surface area contributed by atoms with Crippen molar-refractivity contribution in [3.05, 3.63) is 29.8 Å². The maximum atomic E-state index is 11.0. The molecule has 0 fully saturated rings. The zero-order valence-corrected chi connectivity index (χ0v) is 6.78. The molecule has 5 N–H and O–H groups in total. The lowest BCUT2D eigenvalue weighted by Crippen LogP contribution is -2.12. The summed E-state index contributed by atoms with van der Waals surface area (Å²) in [5.41, 5.74) is 1.08. The first-order valence-electron chi connectivity index (χ1n) is 3.57. The number of ketones is 1. The number of rotatable bonds is 0. The second kappa shape index (κ2) is 3.79. The average Bonchev–Trinajstić information content (AvgIpc) is 2.47. The van der Waals surface area contributed by atoms with E-state index in [0.29, 0.717) is 11.3 Å². The van der Waals surface area contributed by atoms with E-state index in [2.05, 4.69) is 17.0 Å². The summed E-state index contributed by atoms with van der Waals surface area (Å²) >= 11 is 0. The molecule has 0 bridgehead atoms. The number of carbonyl (C=O) groups is 2. The third kappa shape index (κ3) is 1.56. The van der Waals surface area contributed by atoms with E-state index in [9.17, 15) is 9.59 Å². The molecular weight excluding hydrogens is 170 g/mol. The Labute approximate surface area is 74.7 Å². The standard InChI is InChI=1S/C8H5NO2.H4N2/c10-7-5-3-1-2-4-6(5)9-8(7)11;1-2/h1-4H,(H,9,10,11);1-2H2. The van der Waals surface area contributed by atoms with Crippen molar-refractivity contribution in [2.75, 3.05) is 5.32 Å². The second-order valence-corrected chi connectivity index (χ2v) is 2.33. The molecule has 0 spiro atoms. The van der Waals surface area contributed by atoms with Gasteiger partial charge in [-0.05, 0) is 12.1 Å². The lowest BCUT2D eigenvalue weighted by Gasteiger charge is -1.91. The highest BCUT2D eigenvalue weighted by Crippen LogP contribution is 2.21. The number of hydrazine groups is 1. The Morgan fingerprint density at radius 1 is 1.08 bits per heavy atom. The average molecular weight is 179 g/mol. The number of benzene rings is 1. The molecule has 1 aliphatic heterocycles. The van der Waals surface area contributed by atoms with Crippen LogP contribution in [0.3, 0.4) is 0 Å². The summed E-state index contributed by atoms with van der Waals surface area (Å²) in [7, 11) is 0. The number of amides is 1. The minimum atomic E-state index is -0.536. The summed E-state index contributed by atoms with van der Waals surface area (Å²) in [6.45, 7) is 0. The first-order valence-corrected chi connectivity index (χ1v) is 3.57. The highest BCUT2D eigenvalue weighted by atomic mass is 16.2. The summed E-state index contributed by atoms with van der Waals surface area (Å²) in [4.78, 5) is 21.8. The minimum absolute atomic E-state index is 0.444.